The first kappa shape index (κ1) is 15.1. The van der Waals surface area contributed by atoms with Crippen molar-refractivity contribution in [2.75, 3.05) is 37.9 Å². The number of hydrogen-bond acceptors (Lipinski definition) is 5. The second kappa shape index (κ2) is 7.48. The predicted molar refractivity (Wildman–Crippen MR) is 75.5 cm³/mol. The van der Waals surface area contributed by atoms with Gasteiger partial charge in [-0.15, -0.1) is 0 Å². The van der Waals surface area contributed by atoms with Crippen LogP contribution in [-0.2, 0) is 4.74 Å². The summed E-state index contributed by atoms with van der Waals surface area (Å²) in [5, 5.41) is 3.12. The fourth-order valence-corrected chi connectivity index (χ4v) is 1.64. The van der Waals surface area contributed by atoms with Crippen LogP contribution in [0.4, 0.5) is 11.4 Å². The third kappa shape index (κ3) is 4.33. The Labute approximate surface area is 113 Å². The van der Waals surface area contributed by atoms with Crippen LogP contribution in [0.25, 0.3) is 0 Å². The highest BCUT2D eigenvalue weighted by atomic mass is 16.5. The van der Waals surface area contributed by atoms with Gasteiger partial charge in [-0.2, -0.15) is 0 Å². The fourth-order valence-electron chi connectivity index (χ4n) is 1.64. The molecule has 1 aromatic carbocycles. The molecule has 0 saturated carbocycles. The zero-order chi connectivity index (χ0) is 14.3. The first-order valence-corrected chi connectivity index (χ1v) is 6.19. The quantitative estimate of drug-likeness (QED) is 0.485. The van der Waals surface area contributed by atoms with Gasteiger partial charge in [0.15, 0.2) is 0 Å². The number of rotatable bonds is 8. The number of carbonyl (C=O) groups is 1. The summed E-state index contributed by atoms with van der Waals surface area (Å²) in [6, 6.07) is 3.14. The number of primary amides is 1. The number of benzene rings is 1. The van der Waals surface area contributed by atoms with E-state index in [0.717, 1.165) is 6.42 Å². The predicted octanol–water partition coefficient (Wildman–Crippen LogP) is 1.21. The Bertz CT molecular complexity index is 435. The Balaban J connectivity index is 2.92. The van der Waals surface area contributed by atoms with Gasteiger partial charge < -0.3 is 26.3 Å². The number of carbonyl (C=O) groups excluding carboxylic acids is 1. The molecule has 1 amide bonds. The summed E-state index contributed by atoms with van der Waals surface area (Å²) in [5.41, 5.74) is 12.6. The zero-order valence-corrected chi connectivity index (χ0v) is 11.4. The van der Waals surface area contributed by atoms with Crippen LogP contribution in [-0.4, -0.2) is 32.8 Å². The highest BCUT2D eigenvalue weighted by Crippen LogP contribution is 2.32. The molecular formula is C13H21N3O3. The molecule has 0 aliphatic heterocycles. The van der Waals surface area contributed by atoms with E-state index in [4.69, 9.17) is 20.9 Å². The lowest BCUT2D eigenvalue weighted by Crippen LogP contribution is -2.14. The van der Waals surface area contributed by atoms with Crippen molar-refractivity contribution in [3.8, 4) is 5.75 Å². The topological polar surface area (TPSA) is 99.6 Å². The van der Waals surface area contributed by atoms with Crippen LogP contribution in [0.3, 0.4) is 0 Å². The van der Waals surface area contributed by atoms with Gasteiger partial charge in [-0.25, -0.2) is 0 Å². The second-order valence-corrected chi connectivity index (χ2v) is 4.03. The summed E-state index contributed by atoms with van der Waals surface area (Å²) in [6.45, 7) is 3.75. The van der Waals surface area contributed by atoms with Gasteiger partial charge in [0, 0.05) is 32.2 Å². The van der Waals surface area contributed by atoms with Gasteiger partial charge in [0.05, 0.1) is 12.3 Å². The summed E-state index contributed by atoms with van der Waals surface area (Å²) in [7, 11) is 1.63. The molecule has 0 heterocycles. The molecule has 0 atom stereocenters. The van der Waals surface area contributed by atoms with E-state index in [1.54, 1.807) is 19.2 Å². The van der Waals surface area contributed by atoms with Crippen LogP contribution in [0.1, 0.15) is 23.7 Å². The van der Waals surface area contributed by atoms with Gasteiger partial charge in [-0.05, 0) is 19.1 Å². The summed E-state index contributed by atoms with van der Waals surface area (Å²) in [4.78, 5) is 11.2. The Morgan fingerprint density at radius 3 is 2.68 bits per heavy atom. The highest BCUT2D eigenvalue weighted by Gasteiger charge is 2.12. The molecule has 0 bridgehead atoms. The van der Waals surface area contributed by atoms with E-state index in [1.807, 2.05) is 6.92 Å². The normalized spacial score (nSPS) is 10.2. The second-order valence-electron chi connectivity index (χ2n) is 4.03. The third-order valence-corrected chi connectivity index (χ3v) is 2.52. The number of hydrogen-bond donors (Lipinski definition) is 3. The van der Waals surface area contributed by atoms with E-state index < -0.39 is 5.91 Å². The van der Waals surface area contributed by atoms with Crippen LogP contribution < -0.4 is 21.5 Å². The van der Waals surface area contributed by atoms with Crippen molar-refractivity contribution in [2.24, 2.45) is 5.73 Å². The zero-order valence-electron chi connectivity index (χ0n) is 11.4. The summed E-state index contributed by atoms with van der Waals surface area (Å²) >= 11 is 0. The molecule has 6 nitrogen and oxygen atoms in total. The molecule has 0 spiro atoms. The molecule has 0 aliphatic carbocycles. The minimum atomic E-state index is -0.531. The third-order valence-electron chi connectivity index (χ3n) is 2.52. The molecule has 1 rings (SSSR count). The number of amides is 1. The van der Waals surface area contributed by atoms with Crippen LogP contribution in [0.15, 0.2) is 12.1 Å². The first-order valence-electron chi connectivity index (χ1n) is 6.19. The highest BCUT2D eigenvalue weighted by molar-refractivity contribution is 5.96. The van der Waals surface area contributed by atoms with Crippen LogP contribution in [0.2, 0.25) is 0 Å². The monoisotopic (exact) mass is 267 g/mol. The Kier molecular flexibility index (Phi) is 5.95. The molecule has 106 valence electrons. The molecule has 0 fully saturated rings. The Morgan fingerprint density at radius 1 is 1.37 bits per heavy atom. The first-order chi connectivity index (χ1) is 9.10. The van der Waals surface area contributed by atoms with Crippen molar-refractivity contribution in [1.29, 1.82) is 0 Å². The SMILES string of the molecule is CCNc1c(N)cc(C(N)=O)cc1OCCCOC. The minimum absolute atomic E-state index is 0.334. The summed E-state index contributed by atoms with van der Waals surface area (Å²) in [6.07, 6.45) is 0.753. The standard InChI is InChI=1S/C13H21N3O3/c1-3-16-12-10(14)7-9(13(15)17)8-11(12)19-6-4-5-18-2/h7-8,16H,3-6,14H2,1-2H3,(H2,15,17). The number of ether oxygens (including phenoxy) is 2. The van der Waals surface area contributed by atoms with E-state index in [9.17, 15) is 4.79 Å². The van der Waals surface area contributed by atoms with E-state index in [0.29, 0.717) is 42.4 Å². The molecule has 0 unspecified atom stereocenters. The van der Waals surface area contributed by atoms with Crippen molar-refractivity contribution in [2.45, 2.75) is 13.3 Å². The van der Waals surface area contributed by atoms with Gasteiger partial charge in [-0.1, -0.05) is 0 Å². The fraction of sp³-hybridized carbons (Fsp3) is 0.462. The van der Waals surface area contributed by atoms with Gasteiger partial charge >= 0.3 is 0 Å². The number of nitrogens with one attached hydrogen (secondary N) is 1. The molecule has 0 radical (unpaired) electrons. The summed E-state index contributed by atoms with van der Waals surface area (Å²) in [5.74, 6) is 0.00300. The van der Waals surface area contributed by atoms with Gasteiger partial charge in [0.25, 0.3) is 0 Å². The number of anilines is 2. The van der Waals surface area contributed by atoms with Crippen LogP contribution in [0, 0.1) is 0 Å². The van der Waals surface area contributed by atoms with Gasteiger partial charge in [0.1, 0.15) is 11.4 Å². The maximum Gasteiger partial charge on any atom is 0.248 e. The van der Waals surface area contributed by atoms with Crippen LogP contribution in [0.5, 0.6) is 5.75 Å². The summed E-state index contributed by atoms with van der Waals surface area (Å²) < 4.78 is 10.6. The van der Waals surface area contributed by atoms with Crippen molar-refractivity contribution >= 4 is 17.3 Å². The number of nitrogen functional groups attached to an aromatic ring is 1. The molecule has 0 aliphatic rings. The lowest BCUT2D eigenvalue weighted by molar-refractivity contribution is 0.0999. The largest absolute Gasteiger partial charge is 0.491 e. The van der Waals surface area contributed by atoms with Crippen molar-refractivity contribution in [3.05, 3.63) is 17.7 Å². The maximum absolute atomic E-state index is 11.2. The molecule has 0 saturated heterocycles. The maximum atomic E-state index is 11.2. The van der Waals surface area contributed by atoms with Gasteiger partial charge in [0.2, 0.25) is 5.91 Å². The lowest BCUT2D eigenvalue weighted by Gasteiger charge is -2.15. The molecule has 0 aromatic heterocycles. The van der Waals surface area contributed by atoms with E-state index in [2.05, 4.69) is 5.32 Å². The smallest absolute Gasteiger partial charge is 0.248 e. The van der Waals surface area contributed by atoms with Gasteiger partial charge in [-0.3, -0.25) is 4.79 Å². The molecular weight excluding hydrogens is 246 g/mol. The average Bonchev–Trinajstić information content (AvgIpc) is 2.37. The lowest BCUT2D eigenvalue weighted by atomic mass is 10.1. The van der Waals surface area contributed by atoms with Crippen molar-refractivity contribution in [3.63, 3.8) is 0 Å². The Morgan fingerprint density at radius 2 is 2.11 bits per heavy atom. The van der Waals surface area contributed by atoms with E-state index in [-0.39, 0.29) is 0 Å². The van der Waals surface area contributed by atoms with Crippen LogP contribution >= 0.6 is 0 Å². The molecule has 5 N–H and O–H groups in total. The molecule has 19 heavy (non-hydrogen) atoms. The Hall–Kier alpha value is -1.95. The number of nitrogens with two attached hydrogens (primary N) is 2. The van der Waals surface area contributed by atoms with E-state index in [1.165, 1.54) is 0 Å². The molecule has 1 aromatic rings. The minimum Gasteiger partial charge on any atom is -0.491 e. The van der Waals surface area contributed by atoms with Crippen molar-refractivity contribution in [1.82, 2.24) is 0 Å². The molecule has 6 heteroatoms. The van der Waals surface area contributed by atoms with Crippen molar-refractivity contribution < 1.29 is 14.3 Å². The average molecular weight is 267 g/mol. The van der Waals surface area contributed by atoms with E-state index >= 15 is 0 Å². The number of methoxy groups -OCH3 is 1.